The lowest BCUT2D eigenvalue weighted by Gasteiger charge is -2.33. The average molecular weight is 440 g/mol. The maximum atomic E-state index is 12.3. The summed E-state index contributed by atoms with van der Waals surface area (Å²) in [7, 11) is 0. The van der Waals surface area contributed by atoms with Gasteiger partial charge in [-0.3, -0.25) is 0 Å². The van der Waals surface area contributed by atoms with Gasteiger partial charge >= 0.3 is 6.03 Å². The topological polar surface area (TPSA) is 83.4 Å². The minimum Gasteiger partial charge on any atom is -0.490 e. The number of nitrogens with zero attached hydrogens (tertiary/aromatic N) is 1. The molecule has 1 heterocycles. The first-order chi connectivity index (χ1) is 14.7. The molecule has 3 rings (SSSR count). The fourth-order valence-electron chi connectivity index (χ4n) is 3.39. The fraction of sp³-hybridized carbons (Fsp3) is 0.333. The van der Waals surface area contributed by atoms with Gasteiger partial charge in [0, 0.05) is 21.7 Å². The molecule has 0 saturated carbocycles. The minimum absolute atomic E-state index is 0.292. The van der Waals surface area contributed by atoms with Gasteiger partial charge in [-0.2, -0.15) is 5.26 Å². The molecule has 2 aromatic rings. The summed E-state index contributed by atoms with van der Waals surface area (Å²) in [5, 5.41) is 16.1. The SMILES string of the molecule is CCOc1cc([C@@H]2NC(=O)NC(C(C)(C)C)=C2C#N)ccc1OCc1ccccc1Cl. The van der Waals surface area contributed by atoms with Crippen LogP contribution >= 0.6 is 11.6 Å². The second-order valence-corrected chi connectivity index (χ2v) is 8.61. The van der Waals surface area contributed by atoms with Crippen LogP contribution in [0.4, 0.5) is 4.79 Å². The number of hydrogen-bond donors (Lipinski definition) is 2. The lowest BCUT2D eigenvalue weighted by molar-refractivity contribution is 0.235. The first-order valence-corrected chi connectivity index (χ1v) is 10.5. The van der Waals surface area contributed by atoms with E-state index in [4.69, 9.17) is 21.1 Å². The largest absolute Gasteiger partial charge is 0.490 e. The monoisotopic (exact) mass is 439 g/mol. The lowest BCUT2D eigenvalue weighted by Crippen LogP contribution is -2.46. The highest BCUT2D eigenvalue weighted by Crippen LogP contribution is 2.38. The Morgan fingerprint density at radius 2 is 1.87 bits per heavy atom. The van der Waals surface area contributed by atoms with Gasteiger partial charge in [-0.15, -0.1) is 0 Å². The van der Waals surface area contributed by atoms with Crippen molar-refractivity contribution in [2.45, 2.75) is 40.3 Å². The highest BCUT2D eigenvalue weighted by Gasteiger charge is 2.34. The van der Waals surface area contributed by atoms with Crippen molar-refractivity contribution >= 4 is 17.6 Å². The molecular weight excluding hydrogens is 414 g/mol. The number of hydrogen-bond acceptors (Lipinski definition) is 4. The van der Waals surface area contributed by atoms with E-state index in [9.17, 15) is 10.1 Å². The molecule has 1 atom stereocenters. The third kappa shape index (κ3) is 5.12. The average Bonchev–Trinajstić information content (AvgIpc) is 2.73. The number of halogens is 1. The molecule has 0 bridgehead atoms. The minimum atomic E-state index is -0.579. The molecule has 2 N–H and O–H groups in total. The molecule has 7 heteroatoms. The summed E-state index contributed by atoms with van der Waals surface area (Å²) in [6.45, 7) is 8.49. The number of amides is 2. The zero-order valence-corrected chi connectivity index (χ0v) is 18.8. The van der Waals surface area contributed by atoms with Crippen molar-refractivity contribution in [1.82, 2.24) is 10.6 Å². The summed E-state index contributed by atoms with van der Waals surface area (Å²) in [5.74, 6) is 1.10. The number of carbonyl (C=O) groups is 1. The van der Waals surface area contributed by atoms with Crippen LogP contribution in [0.5, 0.6) is 11.5 Å². The van der Waals surface area contributed by atoms with E-state index in [1.807, 2.05) is 58.0 Å². The first-order valence-electron chi connectivity index (χ1n) is 10.1. The van der Waals surface area contributed by atoms with E-state index in [0.717, 1.165) is 11.1 Å². The Morgan fingerprint density at radius 3 is 2.52 bits per heavy atom. The fourth-order valence-corrected chi connectivity index (χ4v) is 3.58. The van der Waals surface area contributed by atoms with Gasteiger partial charge in [-0.1, -0.05) is 56.6 Å². The van der Waals surface area contributed by atoms with Crippen LogP contribution in [0, 0.1) is 16.7 Å². The number of carbonyl (C=O) groups excluding carboxylic acids is 1. The summed E-state index contributed by atoms with van der Waals surface area (Å²) >= 11 is 6.22. The van der Waals surface area contributed by atoms with Gasteiger partial charge in [0.2, 0.25) is 0 Å². The first kappa shape index (κ1) is 22.5. The number of benzene rings is 2. The number of nitrogens with one attached hydrogen (secondary N) is 2. The summed E-state index contributed by atoms with van der Waals surface area (Å²) in [6.07, 6.45) is 0. The molecule has 1 aliphatic heterocycles. The smallest absolute Gasteiger partial charge is 0.319 e. The van der Waals surface area contributed by atoms with E-state index in [2.05, 4.69) is 16.7 Å². The molecular formula is C24H26ClN3O3. The van der Waals surface area contributed by atoms with Crippen LogP contribution in [0.25, 0.3) is 0 Å². The number of nitriles is 1. The number of urea groups is 1. The number of ether oxygens (including phenoxy) is 2. The second-order valence-electron chi connectivity index (χ2n) is 8.20. The Kier molecular flexibility index (Phi) is 6.77. The quantitative estimate of drug-likeness (QED) is 0.622. The zero-order valence-electron chi connectivity index (χ0n) is 18.1. The van der Waals surface area contributed by atoms with E-state index < -0.39 is 6.04 Å². The highest BCUT2D eigenvalue weighted by molar-refractivity contribution is 6.31. The van der Waals surface area contributed by atoms with Crippen LogP contribution in [0.2, 0.25) is 5.02 Å². The van der Waals surface area contributed by atoms with Crippen LogP contribution in [0.1, 0.15) is 44.9 Å². The van der Waals surface area contributed by atoms with Gasteiger partial charge in [-0.25, -0.2) is 4.79 Å². The Hall–Kier alpha value is -3.17. The van der Waals surface area contributed by atoms with Crippen molar-refractivity contribution in [3.63, 3.8) is 0 Å². The van der Waals surface area contributed by atoms with Crippen LogP contribution in [0.3, 0.4) is 0 Å². The van der Waals surface area contributed by atoms with Crippen molar-refractivity contribution in [3.8, 4) is 17.6 Å². The van der Waals surface area contributed by atoms with Gasteiger partial charge in [-0.05, 0) is 30.7 Å². The molecule has 162 valence electrons. The van der Waals surface area contributed by atoms with Gasteiger partial charge < -0.3 is 20.1 Å². The number of rotatable bonds is 6. The van der Waals surface area contributed by atoms with E-state index in [1.165, 1.54) is 0 Å². The Labute approximate surface area is 187 Å². The van der Waals surface area contributed by atoms with Gasteiger partial charge in [0.05, 0.1) is 24.3 Å². The predicted octanol–water partition coefficient (Wildman–Crippen LogP) is 5.50. The summed E-state index contributed by atoms with van der Waals surface area (Å²) < 4.78 is 11.8. The normalized spacial score (nSPS) is 16.3. The Bertz CT molecular complexity index is 1050. The van der Waals surface area contributed by atoms with Crippen LogP contribution in [0.15, 0.2) is 53.7 Å². The van der Waals surface area contributed by atoms with Crippen molar-refractivity contribution < 1.29 is 14.3 Å². The molecule has 0 fully saturated rings. The Balaban J connectivity index is 1.95. The molecule has 0 saturated heterocycles. The van der Waals surface area contributed by atoms with E-state index in [-0.39, 0.29) is 11.4 Å². The van der Waals surface area contributed by atoms with Crippen LogP contribution in [-0.2, 0) is 6.61 Å². The van der Waals surface area contributed by atoms with Crippen LogP contribution < -0.4 is 20.1 Å². The predicted molar refractivity (Wildman–Crippen MR) is 120 cm³/mol. The van der Waals surface area contributed by atoms with Gasteiger partial charge in [0.15, 0.2) is 11.5 Å². The third-order valence-electron chi connectivity index (χ3n) is 4.88. The Morgan fingerprint density at radius 1 is 1.13 bits per heavy atom. The third-order valence-corrected chi connectivity index (χ3v) is 5.25. The molecule has 1 aliphatic rings. The van der Waals surface area contributed by atoms with Gasteiger partial charge in [0.25, 0.3) is 0 Å². The molecule has 0 spiro atoms. The van der Waals surface area contributed by atoms with Crippen molar-refractivity contribution in [2.24, 2.45) is 5.41 Å². The van der Waals surface area contributed by atoms with Gasteiger partial charge in [0.1, 0.15) is 6.61 Å². The molecule has 2 aromatic carbocycles. The second kappa shape index (κ2) is 9.32. The van der Waals surface area contributed by atoms with E-state index in [1.54, 1.807) is 12.1 Å². The van der Waals surface area contributed by atoms with Crippen molar-refractivity contribution in [1.29, 1.82) is 5.26 Å². The molecule has 0 aliphatic carbocycles. The molecule has 0 aromatic heterocycles. The number of allylic oxidation sites excluding steroid dienone is 1. The van der Waals surface area contributed by atoms with Crippen molar-refractivity contribution in [3.05, 3.63) is 69.9 Å². The van der Waals surface area contributed by atoms with Crippen molar-refractivity contribution in [2.75, 3.05) is 6.61 Å². The molecule has 0 radical (unpaired) electrons. The lowest BCUT2D eigenvalue weighted by atomic mass is 9.84. The zero-order chi connectivity index (χ0) is 22.6. The maximum absolute atomic E-state index is 12.3. The maximum Gasteiger partial charge on any atom is 0.319 e. The summed E-state index contributed by atoms with van der Waals surface area (Å²) in [5.41, 5.74) is 2.30. The molecule has 0 unspecified atom stereocenters. The molecule has 6 nitrogen and oxygen atoms in total. The van der Waals surface area contributed by atoms with E-state index in [0.29, 0.717) is 41.0 Å². The van der Waals surface area contributed by atoms with Crippen LogP contribution in [-0.4, -0.2) is 12.6 Å². The van der Waals surface area contributed by atoms with E-state index >= 15 is 0 Å². The highest BCUT2D eigenvalue weighted by atomic mass is 35.5. The molecule has 2 amide bonds. The molecule has 31 heavy (non-hydrogen) atoms. The standard InChI is InChI=1S/C24H26ClN3O3/c1-5-30-20-12-15(10-11-19(20)31-14-16-8-6-7-9-18(16)25)21-17(13-26)22(24(2,3)4)28-23(29)27-21/h6-12,21H,5,14H2,1-4H3,(H2,27,28,29)/t21-/m0/s1. The summed E-state index contributed by atoms with van der Waals surface area (Å²) in [4.78, 5) is 12.3. The summed E-state index contributed by atoms with van der Waals surface area (Å²) in [6, 6.07) is 14.3.